The second-order valence-corrected chi connectivity index (χ2v) is 7.86. The fourth-order valence-electron chi connectivity index (χ4n) is 2.54. The predicted molar refractivity (Wildman–Crippen MR) is 146 cm³/mol. The number of hydrogen-bond donors (Lipinski definition) is 6. The van der Waals surface area contributed by atoms with Gasteiger partial charge >= 0.3 is 0 Å². The second kappa shape index (κ2) is 23.2. The number of ether oxygens (including phenoxy) is 4. The molecule has 0 radical (unpaired) electrons. The van der Waals surface area contributed by atoms with Crippen molar-refractivity contribution in [1.29, 1.82) is 0 Å². The lowest BCUT2D eigenvalue weighted by Gasteiger charge is -2.09. The van der Waals surface area contributed by atoms with Crippen LogP contribution in [0.15, 0.2) is 24.3 Å². The Bertz CT molecular complexity index is 814. The van der Waals surface area contributed by atoms with Crippen LogP contribution < -0.4 is 27.0 Å². The molecule has 1 aromatic carbocycles. The largest absolute Gasteiger partial charge is 0.399 e. The molecule has 0 heterocycles. The maximum atomic E-state index is 11.9. The zero-order valence-electron chi connectivity index (χ0n) is 20.8. The van der Waals surface area contributed by atoms with Gasteiger partial charge in [-0.2, -0.15) is 12.6 Å². The van der Waals surface area contributed by atoms with Gasteiger partial charge in [0.1, 0.15) is 13.2 Å². The Kier molecular flexibility index (Phi) is 21.4. The topological polar surface area (TPSA) is 179 Å². The monoisotopic (exact) mass is 559 g/mol. The highest BCUT2D eigenvalue weighted by atomic mass is 32.1. The van der Waals surface area contributed by atoms with Crippen LogP contribution in [0.4, 0.5) is 5.69 Å². The highest BCUT2D eigenvalue weighted by molar-refractivity contribution is 7.80. The van der Waals surface area contributed by atoms with Crippen molar-refractivity contribution >= 4 is 41.9 Å². The van der Waals surface area contributed by atoms with Crippen LogP contribution in [0, 0.1) is 0 Å². The smallest absolute Gasteiger partial charge is 0.251 e. The molecule has 0 unspecified atom stereocenters. The first-order valence-corrected chi connectivity index (χ1v) is 12.4. The number of nitrogen functional groups attached to an aromatic ring is 1. The number of thiol groups is 1. The number of rotatable bonds is 21. The van der Waals surface area contributed by atoms with E-state index in [-0.39, 0.29) is 90.4 Å². The van der Waals surface area contributed by atoms with E-state index in [1.54, 1.807) is 24.3 Å². The van der Waals surface area contributed by atoms with E-state index in [2.05, 4.69) is 33.9 Å². The standard InChI is InChI=1S/C23H37N5O8S.CH4/c24-19-3-1-18(2-4-19)23(32)26-7-9-34-11-12-35-15-21(30)25-6-8-33-10-13-36-16-22(31)28-17-27-20(29)5-14-37;/h1-4,37H,5-17,24H2,(H,25,30)(H,26,32)(H,27,29)(H,28,31);1H4. The van der Waals surface area contributed by atoms with Crippen molar-refractivity contribution in [3.8, 4) is 0 Å². The molecule has 4 amide bonds. The first-order chi connectivity index (χ1) is 17.9. The van der Waals surface area contributed by atoms with Crippen molar-refractivity contribution in [2.24, 2.45) is 0 Å². The highest BCUT2D eigenvalue weighted by Crippen LogP contribution is 2.04. The summed E-state index contributed by atoms with van der Waals surface area (Å²) >= 11 is 3.94. The molecule has 38 heavy (non-hydrogen) atoms. The van der Waals surface area contributed by atoms with Crippen LogP contribution >= 0.6 is 12.6 Å². The molecule has 0 spiro atoms. The molecule has 0 aromatic heterocycles. The lowest BCUT2D eigenvalue weighted by Crippen LogP contribution is -2.39. The molecule has 6 N–H and O–H groups in total. The molecular weight excluding hydrogens is 518 g/mol. The van der Waals surface area contributed by atoms with Gasteiger partial charge in [-0.3, -0.25) is 19.2 Å². The van der Waals surface area contributed by atoms with Crippen LogP contribution in [-0.2, 0) is 33.3 Å². The van der Waals surface area contributed by atoms with E-state index >= 15 is 0 Å². The third-order valence-electron chi connectivity index (χ3n) is 4.39. The van der Waals surface area contributed by atoms with Crippen molar-refractivity contribution in [2.75, 3.05) is 84.1 Å². The molecule has 0 atom stereocenters. The number of carbonyl (C=O) groups is 4. The molecular formula is C24H41N5O8S. The minimum atomic E-state index is -0.357. The molecule has 0 aliphatic rings. The predicted octanol–water partition coefficient (Wildman–Crippen LogP) is -0.673. The van der Waals surface area contributed by atoms with Gasteiger partial charge in [-0.1, -0.05) is 7.43 Å². The van der Waals surface area contributed by atoms with Gasteiger partial charge in [-0.25, -0.2) is 0 Å². The Labute approximate surface area is 229 Å². The summed E-state index contributed by atoms with van der Waals surface area (Å²) in [5.74, 6) is -0.603. The van der Waals surface area contributed by atoms with Crippen LogP contribution in [-0.4, -0.2) is 102 Å². The third-order valence-corrected chi connectivity index (χ3v) is 4.62. The van der Waals surface area contributed by atoms with Gasteiger partial charge in [0.15, 0.2) is 0 Å². The zero-order chi connectivity index (χ0) is 27.1. The quantitative estimate of drug-likeness (QED) is 0.0493. The molecule has 13 nitrogen and oxygen atoms in total. The van der Waals surface area contributed by atoms with Crippen molar-refractivity contribution < 1.29 is 38.1 Å². The summed E-state index contributed by atoms with van der Waals surface area (Å²) in [7, 11) is 0. The summed E-state index contributed by atoms with van der Waals surface area (Å²) in [4.78, 5) is 46.3. The van der Waals surface area contributed by atoms with Crippen molar-refractivity contribution in [1.82, 2.24) is 21.3 Å². The van der Waals surface area contributed by atoms with E-state index in [4.69, 9.17) is 24.7 Å². The molecule has 0 saturated carbocycles. The van der Waals surface area contributed by atoms with Gasteiger partial charge in [-0.05, 0) is 30.0 Å². The maximum Gasteiger partial charge on any atom is 0.251 e. The minimum Gasteiger partial charge on any atom is -0.399 e. The molecule has 1 aromatic rings. The number of hydrogen-bond acceptors (Lipinski definition) is 10. The molecule has 0 saturated heterocycles. The average Bonchev–Trinajstić information content (AvgIpc) is 2.87. The molecule has 216 valence electrons. The molecule has 0 bridgehead atoms. The van der Waals surface area contributed by atoms with E-state index in [1.807, 2.05) is 0 Å². The second-order valence-electron chi connectivity index (χ2n) is 7.41. The van der Waals surface area contributed by atoms with E-state index in [1.165, 1.54) is 0 Å². The van der Waals surface area contributed by atoms with Crippen LogP contribution in [0.25, 0.3) is 0 Å². The van der Waals surface area contributed by atoms with Gasteiger partial charge in [0.2, 0.25) is 17.7 Å². The van der Waals surface area contributed by atoms with Crippen LogP contribution in [0.5, 0.6) is 0 Å². The molecule has 0 aliphatic heterocycles. The van der Waals surface area contributed by atoms with Crippen LogP contribution in [0.1, 0.15) is 24.2 Å². The first kappa shape index (κ1) is 35.1. The van der Waals surface area contributed by atoms with Crippen LogP contribution in [0.3, 0.4) is 0 Å². The fraction of sp³-hybridized carbons (Fsp3) is 0.583. The van der Waals surface area contributed by atoms with Crippen molar-refractivity contribution in [3.05, 3.63) is 29.8 Å². The summed E-state index contributed by atoms with van der Waals surface area (Å²) in [6, 6.07) is 6.61. The van der Waals surface area contributed by atoms with Crippen LogP contribution in [0.2, 0.25) is 0 Å². The van der Waals surface area contributed by atoms with E-state index < -0.39 is 0 Å². The number of nitrogens with two attached hydrogens (primary N) is 1. The highest BCUT2D eigenvalue weighted by Gasteiger charge is 2.05. The third kappa shape index (κ3) is 19.2. The summed E-state index contributed by atoms with van der Waals surface area (Å²) in [6.45, 7) is 2.02. The van der Waals surface area contributed by atoms with Gasteiger partial charge in [0, 0.05) is 30.8 Å². The number of amides is 4. The van der Waals surface area contributed by atoms with Gasteiger partial charge in [0.25, 0.3) is 5.91 Å². The average molecular weight is 560 g/mol. The molecule has 0 fully saturated rings. The summed E-state index contributed by atoms with van der Waals surface area (Å²) < 4.78 is 21.0. The first-order valence-electron chi connectivity index (χ1n) is 11.8. The molecule has 14 heteroatoms. The molecule has 1 rings (SSSR count). The number of anilines is 1. The molecule has 0 aliphatic carbocycles. The minimum absolute atomic E-state index is 0. The van der Waals surface area contributed by atoms with E-state index in [9.17, 15) is 19.2 Å². The summed E-state index contributed by atoms with van der Waals surface area (Å²) in [6.07, 6.45) is 0.284. The van der Waals surface area contributed by atoms with Gasteiger partial charge in [0.05, 0.1) is 46.3 Å². The van der Waals surface area contributed by atoms with Crippen molar-refractivity contribution in [2.45, 2.75) is 13.8 Å². The van der Waals surface area contributed by atoms with Gasteiger partial charge < -0.3 is 45.9 Å². The Morgan fingerprint density at radius 2 is 1.18 bits per heavy atom. The Morgan fingerprint density at radius 3 is 1.76 bits per heavy atom. The maximum absolute atomic E-state index is 11.9. The summed E-state index contributed by atoms with van der Waals surface area (Å²) in [5, 5.41) is 10.4. The fourth-order valence-corrected chi connectivity index (χ4v) is 2.74. The Balaban J connectivity index is 0.0000137. The summed E-state index contributed by atoms with van der Waals surface area (Å²) in [5.41, 5.74) is 6.70. The SMILES string of the molecule is C.Nc1ccc(C(=O)NCCOCCOCC(=O)NCCOCCOCC(=O)NCNC(=O)CCS)cc1. The van der Waals surface area contributed by atoms with Gasteiger partial charge in [-0.15, -0.1) is 0 Å². The van der Waals surface area contributed by atoms with Crippen molar-refractivity contribution in [3.63, 3.8) is 0 Å². The Hall–Kier alpha value is -2.91. The normalized spacial score (nSPS) is 10.2. The number of benzene rings is 1. The van der Waals surface area contributed by atoms with E-state index in [0.717, 1.165) is 0 Å². The number of carbonyl (C=O) groups excluding carboxylic acids is 4. The van der Waals surface area contributed by atoms with E-state index in [0.29, 0.717) is 36.7 Å². The lowest BCUT2D eigenvalue weighted by atomic mass is 10.2. The zero-order valence-corrected chi connectivity index (χ0v) is 21.7. The Morgan fingerprint density at radius 1 is 0.684 bits per heavy atom. The lowest BCUT2D eigenvalue weighted by molar-refractivity contribution is -0.128. The number of nitrogens with one attached hydrogen (secondary N) is 4.